The maximum atomic E-state index is 11.6. The van der Waals surface area contributed by atoms with Gasteiger partial charge in [-0.05, 0) is 36.2 Å². The molecule has 0 saturated carbocycles. The zero-order chi connectivity index (χ0) is 15.9. The van der Waals surface area contributed by atoms with Gasteiger partial charge in [0.15, 0.2) is 0 Å². The summed E-state index contributed by atoms with van der Waals surface area (Å²) in [4.78, 5) is 16.1. The van der Waals surface area contributed by atoms with E-state index in [1.54, 1.807) is 12.1 Å². The van der Waals surface area contributed by atoms with E-state index in [-0.39, 0.29) is 5.56 Å². The molecule has 112 valence electrons. The lowest BCUT2D eigenvalue weighted by atomic mass is 10.0. The summed E-state index contributed by atoms with van der Waals surface area (Å²) in [5, 5.41) is 10.1. The number of halogens is 2. The van der Waals surface area contributed by atoms with E-state index in [0.717, 1.165) is 12.0 Å². The van der Waals surface area contributed by atoms with E-state index in [4.69, 9.17) is 23.2 Å². The van der Waals surface area contributed by atoms with Crippen LogP contribution in [0, 0.1) is 0 Å². The molecule has 6 heteroatoms. The van der Waals surface area contributed by atoms with E-state index < -0.39 is 5.97 Å². The number of aromatic nitrogens is 1. The minimum absolute atomic E-state index is 0.216. The number of nitrogens with zero attached hydrogens (tertiary/aromatic N) is 1. The molecule has 0 spiro atoms. The maximum absolute atomic E-state index is 11.6. The number of aromatic carboxylic acids is 1. The van der Waals surface area contributed by atoms with E-state index in [9.17, 15) is 9.90 Å². The van der Waals surface area contributed by atoms with E-state index in [1.165, 1.54) is 11.3 Å². The molecule has 2 aromatic heterocycles. The molecule has 0 unspecified atom stereocenters. The first kappa shape index (κ1) is 15.3. The molecule has 3 nitrogen and oxygen atoms in total. The molecule has 0 aliphatic rings. The third-order valence-corrected chi connectivity index (χ3v) is 4.93. The number of hydrogen-bond acceptors (Lipinski definition) is 3. The average Bonchev–Trinajstić information content (AvgIpc) is 2.84. The van der Waals surface area contributed by atoms with Gasteiger partial charge in [-0.3, -0.25) is 0 Å². The van der Waals surface area contributed by atoms with Crippen LogP contribution in [0.3, 0.4) is 0 Å². The van der Waals surface area contributed by atoms with Crippen molar-refractivity contribution < 1.29 is 9.90 Å². The van der Waals surface area contributed by atoms with Gasteiger partial charge in [0.2, 0.25) is 0 Å². The predicted octanol–water partition coefficient (Wildman–Crippen LogP) is 5.53. The first-order valence-corrected chi connectivity index (χ1v) is 8.19. The molecule has 3 rings (SSSR count). The maximum Gasteiger partial charge on any atom is 0.336 e. The van der Waals surface area contributed by atoms with Crippen LogP contribution in [0.2, 0.25) is 8.67 Å². The molecule has 0 aliphatic heterocycles. The van der Waals surface area contributed by atoms with Gasteiger partial charge in [-0.2, -0.15) is 0 Å². The number of benzene rings is 1. The summed E-state index contributed by atoms with van der Waals surface area (Å²) in [7, 11) is 0. The van der Waals surface area contributed by atoms with Crippen molar-refractivity contribution >= 4 is 51.4 Å². The van der Waals surface area contributed by atoms with Crippen molar-refractivity contribution in [1.29, 1.82) is 0 Å². The molecule has 0 bridgehead atoms. The Hall–Kier alpha value is -1.62. The van der Waals surface area contributed by atoms with E-state index in [0.29, 0.717) is 30.8 Å². The highest BCUT2D eigenvalue weighted by atomic mass is 35.5. The van der Waals surface area contributed by atoms with Crippen LogP contribution in [0.25, 0.3) is 22.2 Å². The molecular weight excluding hydrogens is 341 g/mol. The second-order valence-corrected chi connectivity index (χ2v) is 7.09. The summed E-state index contributed by atoms with van der Waals surface area (Å²) in [5.41, 5.74) is 3.09. The van der Waals surface area contributed by atoms with Crippen LogP contribution < -0.4 is 0 Å². The Balaban J connectivity index is 2.30. The lowest BCUT2D eigenvalue weighted by Crippen LogP contribution is -2.00. The van der Waals surface area contributed by atoms with Gasteiger partial charge in [0.05, 0.1) is 21.1 Å². The van der Waals surface area contributed by atoms with Gasteiger partial charge in [-0.25, -0.2) is 9.78 Å². The second-order valence-electron chi connectivity index (χ2n) is 4.80. The minimum atomic E-state index is -0.987. The third-order valence-electron chi connectivity index (χ3n) is 3.44. The molecule has 0 radical (unpaired) electrons. The number of rotatable bonds is 3. The molecule has 1 aromatic carbocycles. The molecule has 0 saturated heterocycles. The van der Waals surface area contributed by atoms with Gasteiger partial charge in [0.25, 0.3) is 0 Å². The summed E-state index contributed by atoms with van der Waals surface area (Å²) in [6, 6.07) is 8.92. The van der Waals surface area contributed by atoms with Crippen LogP contribution in [0.15, 0.2) is 30.3 Å². The van der Waals surface area contributed by atoms with Crippen LogP contribution in [0.1, 0.15) is 22.8 Å². The highest BCUT2D eigenvalue weighted by molar-refractivity contribution is 7.20. The fraction of sp³-hybridized carbons (Fsp3) is 0.125. The molecule has 22 heavy (non-hydrogen) atoms. The number of hydrogen-bond donors (Lipinski definition) is 1. The fourth-order valence-corrected chi connectivity index (χ4v) is 3.80. The van der Waals surface area contributed by atoms with Crippen molar-refractivity contribution in [2.75, 3.05) is 0 Å². The highest BCUT2D eigenvalue weighted by Gasteiger charge is 2.16. The molecular formula is C16H11Cl2NO2S. The fourth-order valence-electron chi connectivity index (χ4n) is 2.32. The summed E-state index contributed by atoms with van der Waals surface area (Å²) in [5.74, 6) is -0.987. The van der Waals surface area contributed by atoms with E-state index in [1.807, 2.05) is 25.1 Å². The monoisotopic (exact) mass is 351 g/mol. The quantitative estimate of drug-likeness (QED) is 0.674. The van der Waals surface area contributed by atoms with Crippen molar-refractivity contribution in [3.63, 3.8) is 0 Å². The van der Waals surface area contributed by atoms with Crippen molar-refractivity contribution in [2.45, 2.75) is 13.3 Å². The second kappa shape index (κ2) is 5.88. The summed E-state index contributed by atoms with van der Waals surface area (Å²) in [6.45, 7) is 2.02. The minimum Gasteiger partial charge on any atom is -0.478 e. The molecule has 0 atom stereocenters. The third kappa shape index (κ3) is 2.70. The van der Waals surface area contributed by atoms with Crippen molar-refractivity contribution in [3.8, 4) is 11.3 Å². The SMILES string of the molecule is CCc1ccc2nc(-c3cc(Cl)sc3Cl)cc(C(=O)O)c2c1. The zero-order valence-corrected chi connectivity index (χ0v) is 13.9. The normalized spacial score (nSPS) is 11.0. The smallest absolute Gasteiger partial charge is 0.336 e. The lowest BCUT2D eigenvalue weighted by Gasteiger charge is -2.08. The topological polar surface area (TPSA) is 50.2 Å². The Bertz CT molecular complexity index is 889. The van der Waals surface area contributed by atoms with Crippen LogP contribution in [0.4, 0.5) is 0 Å². The van der Waals surface area contributed by atoms with Crippen molar-refractivity contribution in [3.05, 3.63) is 50.1 Å². The van der Waals surface area contributed by atoms with Gasteiger partial charge in [0, 0.05) is 10.9 Å². The number of carboxylic acid groups (broad SMARTS) is 1. The molecule has 0 aliphatic carbocycles. The van der Waals surface area contributed by atoms with E-state index in [2.05, 4.69) is 4.98 Å². The summed E-state index contributed by atoms with van der Waals surface area (Å²) < 4.78 is 1.04. The Labute approximate surface area is 141 Å². The number of pyridine rings is 1. The molecule has 1 N–H and O–H groups in total. The molecule has 2 heterocycles. The van der Waals surface area contributed by atoms with E-state index >= 15 is 0 Å². The largest absolute Gasteiger partial charge is 0.478 e. The summed E-state index contributed by atoms with van der Waals surface area (Å²) in [6.07, 6.45) is 0.836. The highest BCUT2D eigenvalue weighted by Crippen LogP contribution is 2.38. The molecule has 0 amide bonds. The van der Waals surface area contributed by atoms with Crippen molar-refractivity contribution in [2.24, 2.45) is 0 Å². The Kier molecular flexibility index (Phi) is 4.08. The molecule has 3 aromatic rings. The van der Waals surface area contributed by atoms with Gasteiger partial charge >= 0.3 is 5.97 Å². The number of fused-ring (bicyclic) bond motifs is 1. The van der Waals surface area contributed by atoms with Crippen molar-refractivity contribution in [1.82, 2.24) is 4.98 Å². The number of carbonyl (C=O) groups is 1. The standard InChI is InChI=1S/C16H11Cl2NO2S/c1-2-8-3-4-12-9(5-8)10(16(20)21)6-13(19-12)11-7-14(17)22-15(11)18/h3-7H,2H2,1H3,(H,20,21). The van der Waals surface area contributed by atoms with Crippen LogP contribution in [-0.2, 0) is 6.42 Å². The first-order valence-electron chi connectivity index (χ1n) is 6.61. The predicted molar refractivity (Wildman–Crippen MR) is 91.4 cm³/mol. The summed E-state index contributed by atoms with van der Waals surface area (Å²) >= 11 is 13.4. The Morgan fingerprint density at radius 1 is 1.27 bits per heavy atom. The number of thiophene rings is 1. The van der Waals surface area contributed by atoms with Crippen LogP contribution >= 0.6 is 34.5 Å². The van der Waals surface area contributed by atoms with Crippen LogP contribution in [-0.4, -0.2) is 16.1 Å². The molecule has 0 fully saturated rings. The van der Waals surface area contributed by atoms with Gasteiger partial charge in [0.1, 0.15) is 4.34 Å². The van der Waals surface area contributed by atoms with Crippen LogP contribution in [0.5, 0.6) is 0 Å². The van der Waals surface area contributed by atoms with Gasteiger partial charge < -0.3 is 5.11 Å². The Morgan fingerprint density at radius 3 is 2.64 bits per heavy atom. The number of aryl methyl sites for hydroxylation is 1. The van der Waals surface area contributed by atoms with Gasteiger partial charge in [-0.1, -0.05) is 36.2 Å². The first-order chi connectivity index (χ1) is 10.5. The lowest BCUT2D eigenvalue weighted by molar-refractivity contribution is 0.0699. The Morgan fingerprint density at radius 2 is 2.05 bits per heavy atom. The van der Waals surface area contributed by atoms with Gasteiger partial charge in [-0.15, -0.1) is 11.3 Å². The zero-order valence-electron chi connectivity index (χ0n) is 11.6. The average molecular weight is 352 g/mol. The number of carboxylic acids is 1.